The van der Waals surface area contributed by atoms with Crippen molar-refractivity contribution >= 4 is 17.2 Å². The molecule has 0 unspecified atom stereocenters. The van der Waals surface area contributed by atoms with Crippen molar-refractivity contribution in [1.82, 2.24) is 15.2 Å². The predicted octanol–water partition coefficient (Wildman–Crippen LogP) is 2.69. The fraction of sp³-hybridized carbons (Fsp3) is 0.529. The minimum Gasteiger partial charge on any atom is -0.444 e. The second-order valence-electron chi connectivity index (χ2n) is 6.42. The molecule has 2 aliphatic rings. The van der Waals surface area contributed by atoms with E-state index in [-0.39, 0.29) is 5.91 Å². The molecule has 4 rings (SSSR count). The molecule has 6 heteroatoms. The van der Waals surface area contributed by atoms with Gasteiger partial charge in [-0.3, -0.25) is 4.79 Å². The Hall–Kier alpha value is -1.66. The molecule has 0 bridgehead atoms. The van der Waals surface area contributed by atoms with Gasteiger partial charge in [0, 0.05) is 18.6 Å². The van der Waals surface area contributed by atoms with Crippen LogP contribution in [-0.4, -0.2) is 41.0 Å². The van der Waals surface area contributed by atoms with E-state index in [0.29, 0.717) is 30.1 Å². The Morgan fingerprint density at radius 1 is 1.43 bits per heavy atom. The number of thiophene rings is 1. The Morgan fingerprint density at radius 2 is 2.39 bits per heavy atom. The summed E-state index contributed by atoms with van der Waals surface area (Å²) in [6, 6.07) is 4.92. The van der Waals surface area contributed by atoms with Crippen LogP contribution in [0, 0.1) is 0 Å². The molecule has 2 aliphatic heterocycles. The molecule has 23 heavy (non-hydrogen) atoms. The van der Waals surface area contributed by atoms with Gasteiger partial charge in [-0.15, -0.1) is 11.3 Å². The van der Waals surface area contributed by atoms with Crippen LogP contribution >= 0.6 is 11.3 Å². The molecular weight excluding hydrogens is 310 g/mol. The molecule has 5 nitrogen and oxygen atoms in total. The highest BCUT2D eigenvalue weighted by atomic mass is 32.1. The minimum absolute atomic E-state index is 0.0486. The maximum atomic E-state index is 12.3. The zero-order chi connectivity index (χ0) is 15.6. The summed E-state index contributed by atoms with van der Waals surface area (Å²) in [6.07, 6.45) is 6.61. The first-order chi connectivity index (χ1) is 11.3. The van der Waals surface area contributed by atoms with Crippen LogP contribution in [0.1, 0.15) is 31.4 Å². The lowest BCUT2D eigenvalue weighted by Gasteiger charge is -2.35. The number of amides is 1. The topological polar surface area (TPSA) is 58.4 Å². The molecule has 4 heterocycles. The smallest absolute Gasteiger partial charge is 0.236 e. The van der Waals surface area contributed by atoms with Gasteiger partial charge in [-0.05, 0) is 43.7 Å². The third-order valence-electron chi connectivity index (χ3n) is 4.81. The molecule has 2 aromatic heterocycles. The van der Waals surface area contributed by atoms with Crippen molar-refractivity contribution in [2.75, 3.05) is 13.1 Å². The molecule has 0 aromatic carbocycles. The number of hydrogen-bond donors (Lipinski definition) is 1. The van der Waals surface area contributed by atoms with Gasteiger partial charge in [-0.2, -0.15) is 0 Å². The Bertz CT molecular complexity index is 667. The van der Waals surface area contributed by atoms with Gasteiger partial charge < -0.3 is 14.6 Å². The van der Waals surface area contributed by atoms with E-state index in [1.165, 1.54) is 19.4 Å². The number of hydrogen-bond acceptors (Lipinski definition) is 5. The summed E-state index contributed by atoms with van der Waals surface area (Å²) < 4.78 is 5.47. The van der Waals surface area contributed by atoms with Gasteiger partial charge in [0.2, 0.25) is 11.8 Å². The highest BCUT2D eigenvalue weighted by molar-refractivity contribution is 7.13. The van der Waals surface area contributed by atoms with E-state index in [1.54, 1.807) is 17.6 Å². The van der Waals surface area contributed by atoms with E-state index in [4.69, 9.17) is 4.42 Å². The van der Waals surface area contributed by atoms with Gasteiger partial charge in [0.15, 0.2) is 0 Å². The van der Waals surface area contributed by atoms with E-state index in [1.807, 2.05) is 17.5 Å². The van der Waals surface area contributed by atoms with E-state index < -0.39 is 0 Å². The first-order valence-electron chi connectivity index (χ1n) is 8.29. The average Bonchev–Trinajstić information content (AvgIpc) is 3.27. The summed E-state index contributed by atoms with van der Waals surface area (Å²) in [5.41, 5.74) is 0.698. The van der Waals surface area contributed by atoms with Crippen LogP contribution in [0.4, 0.5) is 0 Å². The maximum absolute atomic E-state index is 12.3. The van der Waals surface area contributed by atoms with Crippen LogP contribution in [-0.2, 0) is 11.2 Å². The van der Waals surface area contributed by atoms with Gasteiger partial charge in [0.05, 0.1) is 17.0 Å². The number of oxazole rings is 1. The molecule has 0 radical (unpaired) electrons. The van der Waals surface area contributed by atoms with Crippen LogP contribution in [0.15, 0.2) is 28.2 Å². The van der Waals surface area contributed by atoms with E-state index in [2.05, 4.69) is 15.2 Å². The van der Waals surface area contributed by atoms with Gasteiger partial charge >= 0.3 is 0 Å². The number of carbonyl (C=O) groups is 1. The Kier molecular flexibility index (Phi) is 4.18. The monoisotopic (exact) mass is 331 g/mol. The third-order valence-corrected chi connectivity index (χ3v) is 5.67. The fourth-order valence-electron chi connectivity index (χ4n) is 3.70. The zero-order valence-corrected chi connectivity index (χ0v) is 13.8. The third kappa shape index (κ3) is 3.33. The standard InChI is InChI=1S/C17H21N3O2S/c21-16(18-12-5-7-20-6-1-3-14(20)9-12)10-13-11-22-17(19-13)15-4-2-8-23-15/h2,4,8,11-12,14H,1,3,5-7,9-10H2,(H,18,21)/t12-,14-/m1/s1. The quantitative estimate of drug-likeness (QED) is 0.936. The van der Waals surface area contributed by atoms with Crippen molar-refractivity contribution in [3.05, 3.63) is 29.5 Å². The van der Waals surface area contributed by atoms with Gasteiger partial charge in [0.25, 0.3) is 0 Å². The summed E-state index contributed by atoms with van der Waals surface area (Å²) in [5.74, 6) is 0.648. The summed E-state index contributed by atoms with van der Waals surface area (Å²) in [7, 11) is 0. The van der Waals surface area contributed by atoms with E-state index in [0.717, 1.165) is 24.3 Å². The molecular formula is C17H21N3O2S. The lowest BCUT2D eigenvalue weighted by Crippen LogP contribution is -2.47. The molecule has 1 N–H and O–H groups in total. The molecule has 2 atom stereocenters. The van der Waals surface area contributed by atoms with Crippen molar-refractivity contribution in [2.24, 2.45) is 0 Å². The maximum Gasteiger partial charge on any atom is 0.236 e. The number of nitrogens with zero attached hydrogens (tertiary/aromatic N) is 2. The molecule has 122 valence electrons. The van der Waals surface area contributed by atoms with Crippen LogP contribution < -0.4 is 5.32 Å². The van der Waals surface area contributed by atoms with Crippen molar-refractivity contribution < 1.29 is 9.21 Å². The largest absolute Gasteiger partial charge is 0.444 e. The lowest BCUT2D eigenvalue weighted by molar-refractivity contribution is -0.121. The second kappa shape index (κ2) is 6.45. The highest BCUT2D eigenvalue weighted by Gasteiger charge is 2.32. The zero-order valence-electron chi connectivity index (χ0n) is 13.0. The van der Waals surface area contributed by atoms with Crippen molar-refractivity contribution in [3.63, 3.8) is 0 Å². The van der Waals surface area contributed by atoms with Crippen LogP contribution in [0.25, 0.3) is 10.8 Å². The number of piperidine rings is 1. The molecule has 0 spiro atoms. The van der Waals surface area contributed by atoms with E-state index in [9.17, 15) is 4.79 Å². The van der Waals surface area contributed by atoms with Crippen LogP contribution in [0.3, 0.4) is 0 Å². The lowest BCUT2D eigenvalue weighted by atomic mass is 9.97. The van der Waals surface area contributed by atoms with E-state index >= 15 is 0 Å². The van der Waals surface area contributed by atoms with Crippen LogP contribution in [0.5, 0.6) is 0 Å². The number of nitrogens with one attached hydrogen (secondary N) is 1. The fourth-order valence-corrected chi connectivity index (χ4v) is 4.36. The summed E-state index contributed by atoms with van der Waals surface area (Å²) >= 11 is 1.58. The van der Waals surface area contributed by atoms with Gasteiger partial charge in [0.1, 0.15) is 6.26 Å². The SMILES string of the molecule is O=C(Cc1coc(-c2cccs2)n1)N[C@@H]1CCN2CCC[C@@H]2C1. The van der Waals surface area contributed by atoms with Crippen molar-refractivity contribution in [3.8, 4) is 10.8 Å². The number of aromatic nitrogens is 1. The van der Waals surface area contributed by atoms with Gasteiger partial charge in [-0.25, -0.2) is 4.98 Å². The Balaban J connectivity index is 1.32. The predicted molar refractivity (Wildman–Crippen MR) is 89.3 cm³/mol. The number of fused-ring (bicyclic) bond motifs is 1. The Morgan fingerprint density at radius 3 is 3.26 bits per heavy atom. The molecule has 1 amide bonds. The number of rotatable bonds is 4. The average molecular weight is 331 g/mol. The second-order valence-corrected chi connectivity index (χ2v) is 7.37. The highest BCUT2D eigenvalue weighted by Crippen LogP contribution is 2.27. The number of carbonyl (C=O) groups excluding carboxylic acids is 1. The summed E-state index contributed by atoms with van der Waals surface area (Å²) in [6.45, 7) is 2.35. The first kappa shape index (κ1) is 14.9. The molecule has 2 fully saturated rings. The van der Waals surface area contributed by atoms with Gasteiger partial charge in [-0.1, -0.05) is 6.07 Å². The summed E-state index contributed by atoms with van der Waals surface area (Å²) in [5, 5.41) is 5.17. The molecule has 0 saturated carbocycles. The van der Waals surface area contributed by atoms with Crippen molar-refractivity contribution in [1.29, 1.82) is 0 Å². The van der Waals surface area contributed by atoms with Crippen LogP contribution in [0.2, 0.25) is 0 Å². The molecule has 2 saturated heterocycles. The first-order valence-corrected chi connectivity index (χ1v) is 9.17. The normalized spacial score (nSPS) is 24.5. The molecule has 2 aromatic rings. The summed E-state index contributed by atoms with van der Waals surface area (Å²) in [4.78, 5) is 20.2. The van der Waals surface area contributed by atoms with Crippen molar-refractivity contribution in [2.45, 2.75) is 44.2 Å². The minimum atomic E-state index is 0.0486. The molecule has 0 aliphatic carbocycles. The Labute approximate surface area is 139 Å².